The Bertz CT molecular complexity index is 2860. The molecule has 0 unspecified atom stereocenters. The maximum absolute atomic E-state index is 5.28. The highest BCUT2D eigenvalue weighted by molar-refractivity contribution is 6.09. The third-order valence-electron chi connectivity index (χ3n) is 9.84. The zero-order valence-electron chi connectivity index (χ0n) is 28.6. The zero-order chi connectivity index (χ0) is 35.1. The minimum Gasteiger partial charge on any atom is -0.284 e. The summed E-state index contributed by atoms with van der Waals surface area (Å²) >= 11 is 0. The van der Waals surface area contributed by atoms with E-state index in [1.165, 1.54) is 0 Å². The molecule has 0 saturated carbocycles. The summed E-state index contributed by atoms with van der Waals surface area (Å²) in [5.41, 5.74) is 13.8. The molecule has 0 fully saturated rings. The Morgan fingerprint density at radius 2 is 0.887 bits per heavy atom. The first-order chi connectivity index (χ1) is 26.3. The molecular weight excluding hydrogens is 647 g/mol. The van der Waals surface area contributed by atoms with Crippen LogP contribution in [-0.4, -0.2) is 24.3 Å². The summed E-state index contributed by atoms with van der Waals surface area (Å²) in [7, 11) is 0. The van der Waals surface area contributed by atoms with Gasteiger partial charge in [0.1, 0.15) is 11.2 Å². The lowest BCUT2D eigenvalue weighted by molar-refractivity contribution is 1.18. The molecule has 0 N–H and O–H groups in total. The summed E-state index contributed by atoms with van der Waals surface area (Å²) in [5.74, 6) is 0.680. The van der Waals surface area contributed by atoms with Crippen LogP contribution in [0, 0.1) is 0 Å². The van der Waals surface area contributed by atoms with Crippen molar-refractivity contribution < 1.29 is 0 Å². The summed E-state index contributed by atoms with van der Waals surface area (Å²) in [5, 5.41) is 2.17. The van der Waals surface area contributed by atoms with E-state index in [1.807, 2.05) is 42.6 Å². The molecule has 10 rings (SSSR count). The number of fused-ring (bicyclic) bond motifs is 5. The van der Waals surface area contributed by atoms with Crippen molar-refractivity contribution >= 4 is 27.6 Å². The first kappa shape index (κ1) is 30.6. The van der Waals surface area contributed by atoms with Gasteiger partial charge in [0.2, 0.25) is 0 Å². The van der Waals surface area contributed by atoms with Gasteiger partial charge in [-0.1, -0.05) is 164 Å². The van der Waals surface area contributed by atoms with Crippen LogP contribution < -0.4 is 0 Å². The fourth-order valence-electron chi connectivity index (χ4n) is 7.29. The second kappa shape index (κ2) is 12.8. The van der Waals surface area contributed by atoms with Crippen molar-refractivity contribution in [3.8, 4) is 67.4 Å². The quantitative estimate of drug-likeness (QED) is 0.176. The molecule has 248 valence electrons. The van der Waals surface area contributed by atoms with Crippen LogP contribution in [0.2, 0.25) is 0 Å². The molecular formula is C48H31N5. The van der Waals surface area contributed by atoms with Crippen LogP contribution in [0.1, 0.15) is 0 Å². The van der Waals surface area contributed by atoms with E-state index in [2.05, 4.69) is 150 Å². The molecule has 10 aromatic rings. The summed E-state index contributed by atoms with van der Waals surface area (Å²) < 4.78 is 2.06. The SMILES string of the molecule is c1ccc(-c2nc(-c3ccc(-c4cccc(-c5nc6c(nc7ccccn76)c6ccccc56)c4)cc3)nc(-c3ccccc3)c2-c2ccccc2)cc1. The van der Waals surface area contributed by atoms with E-state index in [4.69, 9.17) is 19.9 Å². The molecule has 0 aliphatic heterocycles. The Morgan fingerprint density at radius 3 is 1.57 bits per heavy atom. The van der Waals surface area contributed by atoms with Crippen LogP contribution in [0.25, 0.3) is 95.0 Å². The van der Waals surface area contributed by atoms with Gasteiger partial charge in [0.15, 0.2) is 11.5 Å². The van der Waals surface area contributed by atoms with Crippen molar-refractivity contribution in [2.75, 3.05) is 0 Å². The van der Waals surface area contributed by atoms with Crippen molar-refractivity contribution in [1.29, 1.82) is 0 Å². The lowest BCUT2D eigenvalue weighted by Crippen LogP contribution is -2.00. The molecule has 0 aliphatic carbocycles. The Labute approximate surface area is 306 Å². The molecule has 6 aromatic carbocycles. The van der Waals surface area contributed by atoms with Crippen molar-refractivity contribution in [1.82, 2.24) is 24.3 Å². The molecule has 5 nitrogen and oxygen atoms in total. The maximum atomic E-state index is 5.28. The molecule has 0 amide bonds. The van der Waals surface area contributed by atoms with E-state index in [9.17, 15) is 0 Å². The van der Waals surface area contributed by atoms with Crippen molar-refractivity contribution in [3.63, 3.8) is 0 Å². The number of hydrogen-bond acceptors (Lipinski definition) is 4. The summed E-state index contributed by atoms with van der Waals surface area (Å²) in [6, 6.07) is 62.9. The topological polar surface area (TPSA) is 56.0 Å². The number of rotatable bonds is 6. The first-order valence-corrected chi connectivity index (χ1v) is 17.7. The number of aromatic nitrogens is 5. The van der Waals surface area contributed by atoms with Gasteiger partial charge < -0.3 is 0 Å². The molecule has 4 aromatic heterocycles. The van der Waals surface area contributed by atoms with E-state index in [1.54, 1.807) is 0 Å². The lowest BCUT2D eigenvalue weighted by atomic mass is 9.94. The third kappa shape index (κ3) is 5.43. The van der Waals surface area contributed by atoms with Crippen LogP contribution in [0.15, 0.2) is 188 Å². The largest absolute Gasteiger partial charge is 0.284 e. The van der Waals surface area contributed by atoms with Gasteiger partial charge in [0.25, 0.3) is 0 Å². The molecule has 4 heterocycles. The van der Waals surface area contributed by atoms with Gasteiger partial charge >= 0.3 is 0 Å². The first-order valence-electron chi connectivity index (χ1n) is 17.7. The van der Waals surface area contributed by atoms with Crippen LogP contribution in [0.3, 0.4) is 0 Å². The van der Waals surface area contributed by atoms with Crippen molar-refractivity contribution in [2.24, 2.45) is 0 Å². The van der Waals surface area contributed by atoms with Gasteiger partial charge in [0, 0.05) is 44.8 Å². The molecule has 53 heavy (non-hydrogen) atoms. The highest BCUT2D eigenvalue weighted by Crippen LogP contribution is 2.40. The highest BCUT2D eigenvalue weighted by Gasteiger charge is 2.20. The second-order valence-electron chi connectivity index (χ2n) is 13.1. The van der Waals surface area contributed by atoms with Crippen LogP contribution in [0.5, 0.6) is 0 Å². The summed E-state index contributed by atoms with van der Waals surface area (Å²) in [6.07, 6.45) is 2.03. The van der Waals surface area contributed by atoms with Gasteiger partial charge in [-0.25, -0.2) is 19.9 Å². The number of hydrogen-bond donors (Lipinski definition) is 0. The fourth-order valence-corrected chi connectivity index (χ4v) is 7.29. The van der Waals surface area contributed by atoms with Crippen LogP contribution in [0.4, 0.5) is 0 Å². The molecule has 0 aliphatic rings. The van der Waals surface area contributed by atoms with Gasteiger partial charge in [0.05, 0.1) is 17.1 Å². The van der Waals surface area contributed by atoms with E-state index >= 15 is 0 Å². The maximum Gasteiger partial charge on any atom is 0.165 e. The third-order valence-corrected chi connectivity index (χ3v) is 9.84. The predicted molar refractivity (Wildman–Crippen MR) is 216 cm³/mol. The zero-order valence-corrected chi connectivity index (χ0v) is 28.6. The summed E-state index contributed by atoms with van der Waals surface area (Å²) in [4.78, 5) is 20.7. The second-order valence-corrected chi connectivity index (χ2v) is 13.1. The van der Waals surface area contributed by atoms with E-state index in [-0.39, 0.29) is 0 Å². The Hall–Kier alpha value is -7.24. The molecule has 5 heteroatoms. The van der Waals surface area contributed by atoms with Gasteiger partial charge in [-0.05, 0) is 34.9 Å². The van der Waals surface area contributed by atoms with Crippen molar-refractivity contribution in [2.45, 2.75) is 0 Å². The number of benzene rings is 6. The molecule has 0 atom stereocenters. The minimum atomic E-state index is 0.680. The van der Waals surface area contributed by atoms with E-state index in [0.29, 0.717) is 5.82 Å². The summed E-state index contributed by atoms with van der Waals surface area (Å²) in [6.45, 7) is 0. The molecule has 0 radical (unpaired) electrons. The van der Waals surface area contributed by atoms with Crippen LogP contribution >= 0.6 is 0 Å². The number of imidazole rings is 1. The van der Waals surface area contributed by atoms with Gasteiger partial charge in [-0.3, -0.25) is 4.40 Å². The van der Waals surface area contributed by atoms with Gasteiger partial charge in [-0.2, -0.15) is 0 Å². The predicted octanol–water partition coefficient (Wildman–Crippen LogP) is 11.8. The van der Waals surface area contributed by atoms with E-state index in [0.717, 1.165) is 89.2 Å². The Balaban J connectivity index is 1.09. The smallest absolute Gasteiger partial charge is 0.165 e. The average molecular weight is 678 g/mol. The van der Waals surface area contributed by atoms with Crippen molar-refractivity contribution in [3.05, 3.63) is 188 Å². The average Bonchev–Trinajstić information content (AvgIpc) is 3.63. The fraction of sp³-hybridized carbons (Fsp3) is 0. The number of pyridine rings is 2. The monoisotopic (exact) mass is 677 g/mol. The minimum absolute atomic E-state index is 0.680. The Morgan fingerprint density at radius 1 is 0.340 bits per heavy atom. The van der Waals surface area contributed by atoms with Gasteiger partial charge in [-0.15, -0.1) is 0 Å². The Kier molecular flexibility index (Phi) is 7.40. The normalized spacial score (nSPS) is 11.4. The standard InChI is InChI=1S/C48H31N5/c1-4-15-33(16-5-1)42-44(34-17-6-2-7-18-34)50-47(51-45(42)35-19-8-3-9-20-35)36-28-26-32(27-29-36)37-21-14-22-38(31-37)43-39-23-10-11-24-40(39)46-48(52-43)53-30-13-12-25-41(53)49-46/h1-31H. The highest BCUT2D eigenvalue weighted by atomic mass is 15.1. The number of nitrogens with zero attached hydrogens (tertiary/aromatic N) is 5. The molecule has 0 bridgehead atoms. The lowest BCUT2D eigenvalue weighted by Gasteiger charge is -2.17. The molecule has 0 saturated heterocycles. The molecule has 0 spiro atoms. The van der Waals surface area contributed by atoms with Crippen LogP contribution in [-0.2, 0) is 0 Å². The van der Waals surface area contributed by atoms with E-state index < -0.39 is 0 Å².